The quantitative estimate of drug-likeness (QED) is 0.358. The van der Waals surface area contributed by atoms with E-state index in [0.717, 1.165) is 0 Å². The van der Waals surface area contributed by atoms with Crippen molar-refractivity contribution >= 4 is 39.1 Å². The van der Waals surface area contributed by atoms with Gasteiger partial charge in [0.15, 0.2) is 0 Å². The van der Waals surface area contributed by atoms with Gasteiger partial charge in [-0.1, -0.05) is 0 Å². The Morgan fingerprint density at radius 2 is 0.800 bits per heavy atom. The van der Waals surface area contributed by atoms with Crippen LogP contribution in [0.1, 0.15) is 0 Å². The molecule has 0 amide bonds. The minimum Gasteiger partial charge on any atom is -2.00 e. The van der Waals surface area contributed by atoms with Crippen LogP contribution in [0.25, 0.3) is 0 Å². The van der Waals surface area contributed by atoms with Crippen LogP contribution in [0.2, 0.25) is 0 Å². The van der Waals surface area contributed by atoms with Crippen LogP contribution < -0.4 is 10.3 Å². The first-order chi connectivity index (χ1) is 2.00. The standard InChI is InChI=1S/2H5NS.S/c2*1-2;/h2*1H2,2H3;/q;;-2/p+2. The van der Waals surface area contributed by atoms with E-state index in [-0.39, 0.29) is 13.5 Å². The van der Waals surface area contributed by atoms with Crippen molar-refractivity contribution in [2.24, 2.45) is 0 Å². The molecule has 0 aliphatic carbocycles. The van der Waals surface area contributed by atoms with Crippen LogP contribution in [0.5, 0.6) is 0 Å². The van der Waals surface area contributed by atoms with Crippen LogP contribution in [0.3, 0.4) is 0 Å². The van der Waals surface area contributed by atoms with E-state index in [0.29, 0.717) is 0 Å². The minimum atomic E-state index is 0. The van der Waals surface area contributed by atoms with Crippen LogP contribution in [-0.2, 0) is 13.5 Å². The van der Waals surface area contributed by atoms with Gasteiger partial charge in [-0.05, 0) is 0 Å². The van der Waals surface area contributed by atoms with Crippen molar-refractivity contribution in [2.45, 2.75) is 0 Å². The topological polar surface area (TPSA) is 55.3 Å². The average Bonchev–Trinajstić information content (AvgIpc) is 1.50. The Labute approximate surface area is 49.8 Å². The third-order valence-electron chi connectivity index (χ3n) is 0. The van der Waals surface area contributed by atoms with Gasteiger partial charge in [0.1, 0.15) is 0 Å². The lowest BCUT2D eigenvalue weighted by Crippen LogP contribution is -2.29. The summed E-state index contributed by atoms with van der Waals surface area (Å²) >= 11 is 4.33. The minimum absolute atomic E-state index is 0. The molecule has 0 radical (unpaired) electrons. The average molecular weight is 136 g/mol. The van der Waals surface area contributed by atoms with Gasteiger partial charge in [-0.15, -0.1) is 25.6 Å². The number of hydrogen-bond acceptors (Lipinski definition) is 0. The molecule has 0 heterocycles. The maximum Gasteiger partial charge on any atom is -0.143 e. The first-order valence-corrected chi connectivity index (χ1v) is 2.45. The van der Waals surface area contributed by atoms with E-state index in [4.69, 9.17) is 0 Å². The summed E-state index contributed by atoms with van der Waals surface area (Å²) in [5, 5.41) is 6.33. The molecule has 0 aliphatic heterocycles. The Balaban J connectivity index is -0.0000000133. The zero-order chi connectivity index (χ0) is 4.00. The first kappa shape index (κ1) is 16.7. The lowest BCUT2D eigenvalue weighted by molar-refractivity contribution is -0.130. The fraction of sp³-hybridized carbons (Fsp3) is 0. The summed E-state index contributed by atoms with van der Waals surface area (Å²) in [4.78, 5) is 0. The number of rotatable bonds is 0. The summed E-state index contributed by atoms with van der Waals surface area (Å²) < 4.78 is 0. The number of hydrogen-bond donors (Lipinski definition) is 2. The van der Waals surface area contributed by atoms with E-state index in [1.807, 2.05) is 0 Å². The molecule has 0 aromatic rings. The van der Waals surface area contributed by atoms with Crippen molar-refractivity contribution in [3.63, 3.8) is 0 Å². The Morgan fingerprint density at radius 1 is 0.800 bits per heavy atom. The molecule has 0 atom stereocenters. The van der Waals surface area contributed by atoms with Crippen molar-refractivity contribution < 1.29 is 10.3 Å². The zero-order valence-electron chi connectivity index (χ0n) is 2.98. The van der Waals surface area contributed by atoms with Gasteiger partial charge >= 0.3 is 0 Å². The Morgan fingerprint density at radius 3 is 0.800 bits per heavy atom. The fourth-order valence-corrected chi connectivity index (χ4v) is 0. The summed E-state index contributed by atoms with van der Waals surface area (Å²) in [6, 6.07) is 0. The molecular weight excluding hydrogens is 124 g/mol. The zero-order valence-corrected chi connectivity index (χ0v) is 6.10. The molecule has 0 spiro atoms. The van der Waals surface area contributed by atoms with Gasteiger partial charge < -0.3 is 23.8 Å². The summed E-state index contributed by atoms with van der Waals surface area (Å²) in [5.41, 5.74) is 0. The van der Waals surface area contributed by atoms with E-state index in [2.05, 4.69) is 35.9 Å². The van der Waals surface area contributed by atoms with Crippen molar-refractivity contribution in [1.29, 1.82) is 0 Å². The van der Waals surface area contributed by atoms with E-state index in [9.17, 15) is 0 Å². The third kappa shape index (κ3) is 46.6. The molecule has 0 bridgehead atoms. The van der Waals surface area contributed by atoms with Crippen LogP contribution in [0.15, 0.2) is 0 Å². The Bertz CT molecular complexity index is 4.85. The van der Waals surface area contributed by atoms with E-state index in [1.54, 1.807) is 0 Å². The smallest absolute Gasteiger partial charge is 0.143 e. The molecule has 6 N–H and O–H groups in total. The van der Waals surface area contributed by atoms with Gasteiger partial charge in [-0.3, -0.25) is 0 Å². The number of quaternary nitrogens is 2. The van der Waals surface area contributed by atoms with E-state index >= 15 is 0 Å². The highest BCUT2D eigenvalue weighted by atomic mass is 32.1. The monoisotopic (exact) mass is 136 g/mol. The van der Waals surface area contributed by atoms with Crippen molar-refractivity contribution in [1.82, 2.24) is 0 Å². The SMILES string of the molecule is [NH3+][SH3].[NH3+][SH3].[S-2]. The molecule has 0 rings (SSSR count). The Hall–Kier alpha value is 0.970. The summed E-state index contributed by atoms with van der Waals surface area (Å²) in [6.07, 6.45) is 0. The van der Waals surface area contributed by atoms with Crippen LogP contribution in [0.4, 0.5) is 0 Å². The molecule has 0 aromatic heterocycles. The third-order valence-corrected chi connectivity index (χ3v) is 0. The lowest BCUT2D eigenvalue weighted by Gasteiger charge is -2.00. The highest BCUT2D eigenvalue weighted by Gasteiger charge is 0.772. The van der Waals surface area contributed by atoms with E-state index in [1.165, 1.54) is 0 Å². The molecular formula is H12N2S3. The fourth-order valence-electron chi connectivity index (χ4n) is 0. The maximum absolute atomic E-state index is 3.17. The van der Waals surface area contributed by atoms with Crippen LogP contribution in [-0.4, -0.2) is 0 Å². The molecule has 0 aliphatic rings. The van der Waals surface area contributed by atoms with Crippen molar-refractivity contribution in [2.75, 3.05) is 0 Å². The normalized spacial score (nSPS) is 4.40. The predicted octanol–water partition coefficient (Wildman–Crippen LogP) is -2.93. The summed E-state index contributed by atoms with van der Waals surface area (Å²) in [5.74, 6) is 0. The summed E-state index contributed by atoms with van der Waals surface area (Å²) in [6.45, 7) is 0. The Kier molecular flexibility index (Phi) is 278. The van der Waals surface area contributed by atoms with Gasteiger partial charge in [0.25, 0.3) is 0 Å². The molecule has 2 nitrogen and oxygen atoms in total. The lowest BCUT2D eigenvalue weighted by atomic mass is 14.0. The molecule has 0 saturated heterocycles. The molecule has 0 saturated carbocycles. The molecule has 40 valence electrons. The van der Waals surface area contributed by atoms with Crippen molar-refractivity contribution in [3.05, 3.63) is 0 Å². The van der Waals surface area contributed by atoms with Gasteiger partial charge in [0.05, 0.1) is 0 Å². The second-order valence-corrected chi connectivity index (χ2v) is 0. The first-order valence-electron chi connectivity index (χ1n) is 0.816. The van der Waals surface area contributed by atoms with Gasteiger partial charge in [-0.2, -0.15) is 0 Å². The van der Waals surface area contributed by atoms with Gasteiger partial charge in [0, 0.05) is 0 Å². The predicted molar refractivity (Wildman–Crippen MR) is 36.7 cm³/mol. The molecule has 0 fully saturated rings. The summed E-state index contributed by atoms with van der Waals surface area (Å²) in [7, 11) is 0. The molecule has 5 heteroatoms. The molecule has 5 heavy (non-hydrogen) atoms. The molecule has 0 unspecified atom stereocenters. The molecule has 0 aromatic carbocycles. The maximum atomic E-state index is 3.17. The van der Waals surface area contributed by atoms with Gasteiger partial charge in [-0.25, -0.2) is 0 Å². The van der Waals surface area contributed by atoms with Crippen LogP contribution in [0, 0.1) is 0 Å². The van der Waals surface area contributed by atoms with Crippen molar-refractivity contribution in [3.8, 4) is 0 Å². The largest absolute Gasteiger partial charge is 2.00 e. The highest BCUT2D eigenvalue weighted by Crippen LogP contribution is 0.990. The second-order valence-electron chi connectivity index (χ2n) is 0. The van der Waals surface area contributed by atoms with Gasteiger partial charge in [0.2, 0.25) is 0 Å². The van der Waals surface area contributed by atoms with E-state index < -0.39 is 0 Å². The van der Waals surface area contributed by atoms with Crippen LogP contribution >= 0.6 is 25.6 Å². The highest BCUT2D eigenvalue weighted by molar-refractivity contribution is 7.72. The second kappa shape index (κ2) is 83.3.